The first-order valence-corrected chi connectivity index (χ1v) is 14.0. The number of aromatic nitrogens is 5. The SMILES string of the molecule is CN(C)CCN1CCc2ccc(Nc3ncc4c(=O)n5n(c4n3)-c3cccc(n3)OCCCCC=CC5)cc2C1. The number of ether oxygens (including phenoxy) is 1. The minimum Gasteiger partial charge on any atom is -0.478 e. The molecule has 10 nitrogen and oxygen atoms in total. The summed E-state index contributed by atoms with van der Waals surface area (Å²) in [6.45, 7) is 5.12. The van der Waals surface area contributed by atoms with E-state index >= 15 is 0 Å². The lowest BCUT2D eigenvalue weighted by atomic mass is 9.99. The van der Waals surface area contributed by atoms with Crippen molar-refractivity contribution in [1.82, 2.24) is 34.1 Å². The van der Waals surface area contributed by atoms with E-state index in [-0.39, 0.29) is 5.56 Å². The first-order chi connectivity index (χ1) is 19.5. The zero-order chi connectivity index (χ0) is 27.5. The molecule has 10 heteroatoms. The molecule has 0 amide bonds. The van der Waals surface area contributed by atoms with Crippen molar-refractivity contribution in [2.75, 3.05) is 45.7 Å². The van der Waals surface area contributed by atoms with Crippen molar-refractivity contribution in [1.29, 1.82) is 0 Å². The van der Waals surface area contributed by atoms with Crippen molar-refractivity contribution in [2.24, 2.45) is 0 Å². The summed E-state index contributed by atoms with van der Waals surface area (Å²) in [5.74, 6) is 1.54. The number of nitrogens with zero attached hydrogens (tertiary/aromatic N) is 7. The van der Waals surface area contributed by atoms with Gasteiger partial charge in [0.25, 0.3) is 5.56 Å². The second-order valence-corrected chi connectivity index (χ2v) is 10.7. The summed E-state index contributed by atoms with van der Waals surface area (Å²) in [6.07, 6.45) is 9.71. The standard InChI is InChI=1S/C30H36N8O2/c1-35(2)16-17-36-15-13-22-11-12-24(19-23(22)21-36)32-30-31-20-25-28(34-30)38-26-9-8-10-27(33-26)40-18-7-5-3-4-6-14-37(38)29(25)39/h4,6,8-12,19-20H,3,5,7,13-18,21H2,1-2H3,(H,31,32,34). The van der Waals surface area contributed by atoms with Crippen LogP contribution in [-0.4, -0.2) is 74.5 Å². The molecule has 0 radical (unpaired) electrons. The highest BCUT2D eigenvalue weighted by molar-refractivity contribution is 5.77. The molecule has 2 aliphatic heterocycles. The summed E-state index contributed by atoms with van der Waals surface area (Å²) in [4.78, 5) is 32.2. The molecule has 208 valence electrons. The summed E-state index contributed by atoms with van der Waals surface area (Å²) in [6, 6.07) is 12.1. The summed E-state index contributed by atoms with van der Waals surface area (Å²) in [7, 11) is 4.22. The second-order valence-electron chi connectivity index (χ2n) is 10.7. The monoisotopic (exact) mass is 540 g/mol. The van der Waals surface area contributed by atoms with Gasteiger partial charge < -0.3 is 15.0 Å². The smallest absolute Gasteiger partial charge is 0.278 e. The molecule has 1 aromatic carbocycles. The lowest BCUT2D eigenvalue weighted by Crippen LogP contribution is -2.35. The normalized spacial score (nSPS) is 16.0. The molecule has 2 aliphatic rings. The Kier molecular flexibility index (Phi) is 7.61. The minimum atomic E-state index is -0.152. The van der Waals surface area contributed by atoms with E-state index in [0.29, 0.717) is 41.8 Å². The first kappa shape index (κ1) is 26.2. The van der Waals surface area contributed by atoms with Crippen LogP contribution < -0.4 is 15.6 Å². The van der Waals surface area contributed by atoms with Gasteiger partial charge in [0.15, 0.2) is 11.5 Å². The maximum Gasteiger partial charge on any atom is 0.278 e. The molecule has 5 heterocycles. The number of hydrogen-bond acceptors (Lipinski definition) is 8. The van der Waals surface area contributed by atoms with E-state index in [1.54, 1.807) is 15.6 Å². The molecule has 2 bridgehead atoms. The van der Waals surface area contributed by atoms with Gasteiger partial charge in [0.1, 0.15) is 5.39 Å². The topological polar surface area (TPSA) is 93.3 Å². The highest BCUT2D eigenvalue weighted by Gasteiger charge is 2.20. The van der Waals surface area contributed by atoms with Gasteiger partial charge in [-0.25, -0.2) is 14.3 Å². The van der Waals surface area contributed by atoms with Crippen LogP contribution in [0.25, 0.3) is 16.9 Å². The molecule has 0 atom stereocenters. The highest BCUT2D eigenvalue weighted by Crippen LogP contribution is 2.25. The Bertz CT molecular complexity index is 1590. The van der Waals surface area contributed by atoms with Crippen LogP contribution in [0, 0.1) is 0 Å². The lowest BCUT2D eigenvalue weighted by molar-refractivity contribution is 0.225. The van der Waals surface area contributed by atoms with E-state index < -0.39 is 0 Å². The van der Waals surface area contributed by atoms with Crippen LogP contribution in [0.3, 0.4) is 0 Å². The predicted molar refractivity (Wildman–Crippen MR) is 157 cm³/mol. The van der Waals surface area contributed by atoms with Gasteiger partial charge in [0, 0.05) is 44.1 Å². The van der Waals surface area contributed by atoms with Crippen LogP contribution in [0.4, 0.5) is 11.6 Å². The second kappa shape index (κ2) is 11.6. The van der Waals surface area contributed by atoms with Crippen LogP contribution in [0.1, 0.15) is 30.4 Å². The third-order valence-electron chi connectivity index (χ3n) is 7.48. The molecular weight excluding hydrogens is 504 g/mol. The van der Waals surface area contributed by atoms with E-state index in [9.17, 15) is 4.79 Å². The maximum absolute atomic E-state index is 13.5. The van der Waals surface area contributed by atoms with Crippen LogP contribution in [-0.2, 0) is 19.5 Å². The molecule has 3 aromatic heterocycles. The van der Waals surface area contributed by atoms with Gasteiger partial charge in [-0.3, -0.25) is 9.69 Å². The summed E-state index contributed by atoms with van der Waals surface area (Å²) in [5.41, 5.74) is 3.99. The van der Waals surface area contributed by atoms with Gasteiger partial charge in [0.2, 0.25) is 11.8 Å². The fourth-order valence-electron chi connectivity index (χ4n) is 5.28. The number of hydrogen-bond donors (Lipinski definition) is 1. The van der Waals surface area contributed by atoms with Crippen molar-refractivity contribution in [3.63, 3.8) is 0 Å². The Morgan fingerprint density at radius 2 is 2.00 bits per heavy atom. The van der Waals surface area contributed by atoms with Gasteiger partial charge >= 0.3 is 0 Å². The molecule has 40 heavy (non-hydrogen) atoms. The van der Waals surface area contributed by atoms with Crippen molar-refractivity contribution < 1.29 is 4.74 Å². The van der Waals surface area contributed by atoms with E-state index in [0.717, 1.165) is 57.5 Å². The Balaban J connectivity index is 1.34. The van der Waals surface area contributed by atoms with Gasteiger partial charge in [-0.15, -0.1) is 0 Å². The van der Waals surface area contributed by atoms with Crippen LogP contribution in [0.2, 0.25) is 0 Å². The Morgan fingerprint density at radius 1 is 1.07 bits per heavy atom. The third kappa shape index (κ3) is 5.64. The summed E-state index contributed by atoms with van der Waals surface area (Å²) < 4.78 is 9.32. The Morgan fingerprint density at radius 3 is 2.90 bits per heavy atom. The number of fused-ring (bicyclic) bond motifs is 7. The average Bonchev–Trinajstić information content (AvgIpc) is 3.23. The quantitative estimate of drug-likeness (QED) is 0.383. The first-order valence-electron chi connectivity index (χ1n) is 14.0. The van der Waals surface area contributed by atoms with Crippen molar-refractivity contribution in [2.45, 2.75) is 38.8 Å². The van der Waals surface area contributed by atoms with E-state index in [1.807, 2.05) is 24.3 Å². The van der Waals surface area contributed by atoms with Crippen LogP contribution >= 0.6 is 0 Å². The fourth-order valence-corrected chi connectivity index (χ4v) is 5.28. The number of likely N-dealkylation sites (N-methyl/N-ethyl adjacent to an activating group) is 1. The lowest BCUT2D eigenvalue weighted by Gasteiger charge is -2.30. The number of allylic oxidation sites excluding steroid dienone is 2. The molecular formula is C30H36N8O2. The molecule has 6 rings (SSSR count). The van der Waals surface area contributed by atoms with E-state index in [1.165, 1.54) is 11.1 Å². The zero-order valence-corrected chi connectivity index (χ0v) is 23.2. The van der Waals surface area contributed by atoms with Gasteiger partial charge in [-0.2, -0.15) is 9.97 Å². The van der Waals surface area contributed by atoms with Gasteiger partial charge in [0.05, 0.1) is 13.2 Å². The average molecular weight is 541 g/mol. The molecule has 0 spiro atoms. The number of anilines is 2. The minimum absolute atomic E-state index is 0.152. The van der Waals surface area contributed by atoms with E-state index in [4.69, 9.17) is 14.7 Å². The number of rotatable bonds is 5. The molecule has 0 saturated heterocycles. The molecule has 0 fully saturated rings. The van der Waals surface area contributed by atoms with E-state index in [2.05, 4.69) is 58.5 Å². The molecule has 0 aliphatic carbocycles. The molecule has 4 aromatic rings. The summed E-state index contributed by atoms with van der Waals surface area (Å²) in [5, 5.41) is 3.82. The number of nitrogens with one attached hydrogen (secondary N) is 1. The van der Waals surface area contributed by atoms with Crippen molar-refractivity contribution >= 4 is 22.7 Å². The largest absolute Gasteiger partial charge is 0.478 e. The molecule has 0 saturated carbocycles. The summed E-state index contributed by atoms with van der Waals surface area (Å²) >= 11 is 0. The highest BCUT2D eigenvalue weighted by atomic mass is 16.5. The van der Waals surface area contributed by atoms with Gasteiger partial charge in [-0.1, -0.05) is 24.3 Å². The predicted octanol–water partition coefficient (Wildman–Crippen LogP) is 3.76. The van der Waals surface area contributed by atoms with Crippen LogP contribution in [0.15, 0.2) is 59.5 Å². The Hall–Kier alpha value is -4.02. The zero-order valence-electron chi connectivity index (χ0n) is 23.2. The number of pyridine rings is 1. The van der Waals surface area contributed by atoms with Gasteiger partial charge in [-0.05, 0) is 69.1 Å². The van der Waals surface area contributed by atoms with Crippen LogP contribution in [0.5, 0.6) is 5.88 Å². The molecule has 1 N–H and O–H groups in total. The number of benzene rings is 1. The molecule has 0 unspecified atom stereocenters. The third-order valence-corrected chi connectivity index (χ3v) is 7.48. The van der Waals surface area contributed by atoms with Crippen molar-refractivity contribution in [3.05, 3.63) is 76.2 Å². The fraction of sp³-hybridized carbons (Fsp3) is 0.400. The maximum atomic E-state index is 13.5. The van der Waals surface area contributed by atoms with Crippen molar-refractivity contribution in [3.8, 4) is 11.7 Å². The Labute approximate surface area is 233 Å².